The number of hydrogen-bond donors (Lipinski definition) is 0. The van der Waals surface area contributed by atoms with E-state index in [1.54, 1.807) is 6.20 Å². The van der Waals surface area contributed by atoms with Gasteiger partial charge in [-0.2, -0.15) is 21.4 Å². The fourth-order valence-electron chi connectivity index (χ4n) is 1.58. The van der Waals surface area contributed by atoms with Crippen molar-refractivity contribution in [3.8, 4) is 10.7 Å². The van der Waals surface area contributed by atoms with Gasteiger partial charge in [-0.3, -0.25) is 4.98 Å². The maximum absolute atomic E-state index is 4.56. The zero-order valence-corrected chi connectivity index (χ0v) is 12.3. The van der Waals surface area contributed by atoms with Crippen molar-refractivity contribution in [1.82, 2.24) is 24.8 Å². The van der Waals surface area contributed by atoms with E-state index in [0.29, 0.717) is 5.25 Å². The van der Waals surface area contributed by atoms with Crippen molar-refractivity contribution < 1.29 is 0 Å². The van der Waals surface area contributed by atoms with Gasteiger partial charge in [0.15, 0.2) is 10.8 Å². The number of hydrogen-bond acceptors (Lipinski definition) is 6. The number of fused-ring (bicyclic) bond motifs is 1. The molecule has 0 saturated carbocycles. The number of aromatic nitrogens is 5. The van der Waals surface area contributed by atoms with Crippen LogP contribution in [0.3, 0.4) is 0 Å². The minimum Gasteiger partial charge on any atom is -0.254 e. The van der Waals surface area contributed by atoms with Crippen LogP contribution in [0.25, 0.3) is 15.7 Å². The Bertz CT molecular complexity index is 674. The van der Waals surface area contributed by atoms with Gasteiger partial charge in [-0.15, -0.1) is 10.2 Å². The van der Waals surface area contributed by atoms with E-state index in [1.807, 2.05) is 34.5 Å². The van der Waals surface area contributed by atoms with Gasteiger partial charge in [-0.1, -0.05) is 31.3 Å². The summed E-state index contributed by atoms with van der Waals surface area (Å²) in [6, 6.07) is 5.81. The SMILES string of the molecule is CC(C)SCc1nnc2sc(-c3ccccn3)nn12. The molecule has 0 spiro atoms. The van der Waals surface area contributed by atoms with E-state index >= 15 is 0 Å². The number of thioether (sulfide) groups is 1. The molecule has 98 valence electrons. The summed E-state index contributed by atoms with van der Waals surface area (Å²) in [7, 11) is 0. The first kappa shape index (κ1) is 12.6. The first-order chi connectivity index (χ1) is 9.24. The Morgan fingerprint density at radius 2 is 2.21 bits per heavy atom. The number of nitrogens with zero attached hydrogens (tertiary/aromatic N) is 5. The number of rotatable bonds is 4. The summed E-state index contributed by atoms with van der Waals surface area (Å²) in [5.74, 6) is 1.72. The fourth-order valence-corrected chi connectivity index (χ4v) is 3.08. The van der Waals surface area contributed by atoms with Crippen molar-refractivity contribution >= 4 is 28.1 Å². The molecular weight excluding hydrogens is 278 g/mol. The van der Waals surface area contributed by atoms with Crippen LogP contribution in [0.15, 0.2) is 24.4 Å². The summed E-state index contributed by atoms with van der Waals surface area (Å²) in [5, 5.41) is 14.4. The molecule has 3 heterocycles. The van der Waals surface area contributed by atoms with Crippen LogP contribution in [0.1, 0.15) is 19.7 Å². The van der Waals surface area contributed by atoms with E-state index in [-0.39, 0.29) is 0 Å². The number of pyridine rings is 1. The van der Waals surface area contributed by atoms with Gasteiger partial charge in [0.05, 0.1) is 5.75 Å². The first-order valence-corrected chi connectivity index (χ1v) is 7.84. The van der Waals surface area contributed by atoms with Crippen molar-refractivity contribution in [1.29, 1.82) is 0 Å². The van der Waals surface area contributed by atoms with Crippen molar-refractivity contribution in [2.45, 2.75) is 24.9 Å². The molecule has 0 aliphatic heterocycles. The molecule has 0 saturated heterocycles. The van der Waals surface area contributed by atoms with Crippen LogP contribution in [0.4, 0.5) is 0 Å². The van der Waals surface area contributed by atoms with Gasteiger partial charge in [-0.25, -0.2) is 0 Å². The van der Waals surface area contributed by atoms with Crippen molar-refractivity contribution in [3.63, 3.8) is 0 Å². The standard InChI is InChI=1S/C12H13N5S2/c1-8(2)18-7-10-14-15-12-17(10)16-11(19-12)9-5-3-4-6-13-9/h3-6,8H,7H2,1-2H3. The van der Waals surface area contributed by atoms with Gasteiger partial charge < -0.3 is 0 Å². The molecule has 3 aromatic heterocycles. The fraction of sp³-hybridized carbons (Fsp3) is 0.333. The third-order valence-electron chi connectivity index (χ3n) is 2.49. The van der Waals surface area contributed by atoms with E-state index in [1.165, 1.54) is 11.3 Å². The van der Waals surface area contributed by atoms with Crippen molar-refractivity contribution in [2.24, 2.45) is 0 Å². The van der Waals surface area contributed by atoms with Crippen molar-refractivity contribution in [2.75, 3.05) is 0 Å². The third kappa shape index (κ3) is 2.62. The highest BCUT2D eigenvalue weighted by Crippen LogP contribution is 2.24. The third-order valence-corrected chi connectivity index (χ3v) is 4.50. The summed E-state index contributed by atoms with van der Waals surface area (Å²) < 4.78 is 1.82. The Hall–Kier alpha value is -1.47. The Morgan fingerprint density at radius 1 is 1.32 bits per heavy atom. The second kappa shape index (κ2) is 5.26. The molecule has 0 N–H and O–H groups in total. The first-order valence-electron chi connectivity index (χ1n) is 5.98. The Balaban J connectivity index is 1.94. The smallest absolute Gasteiger partial charge is 0.235 e. The molecule has 0 fully saturated rings. The lowest BCUT2D eigenvalue weighted by Crippen LogP contribution is -1.97. The highest BCUT2D eigenvalue weighted by molar-refractivity contribution is 7.99. The predicted octanol–water partition coefficient (Wildman–Crippen LogP) is 2.89. The molecule has 0 bridgehead atoms. The molecule has 0 aromatic carbocycles. The lowest BCUT2D eigenvalue weighted by atomic mass is 10.4. The topological polar surface area (TPSA) is 56.0 Å². The normalized spacial score (nSPS) is 11.5. The minimum atomic E-state index is 0.571. The average Bonchev–Trinajstić information content (AvgIpc) is 2.97. The molecule has 0 amide bonds. The predicted molar refractivity (Wildman–Crippen MR) is 78.3 cm³/mol. The van der Waals surface area contributed by atoms with E-state index in [4.69, 9.17) is 0 Å². The lowest BCUT2D eigenvalue weighted by Gasteiger charge is -2.01. The molecule has 19 heavy (non-hydrogen) atoms. The van der Waals surface area contributed by atoms with Crippen LogP contribution < -0.4 is 0 Å². The summed E-state index contributed by atoms with van der Waals surface area (Å²) >= 11 is 3.35. The van der Waals surface area contributed by atoms with Crippen LogP contribution in [0.2, 0.25) is 0 Å². The van der Waals surface area contributed by atoms with E-state index in [9.17, 15) is 0 Å². The second-order valence-corrected chi connectivity index (χ2v) is 6.81. The van der Waals surface area contributed by atoms with Gasteiger partial charge in [-0.05, 0) is 17.4 Å². The van der Waals surface area contributed by atoms with Crippen LogP contribution in [0, 0.1) is 0 Å². The van der Waals surface area contributed by atoms with Gasteiger partial charge >= 0.3 is 0 Å². The van der Waals surface area contributed by atoms with Crippen molar-refractivity contribution in [3.05, 3.63) is 30.2 Å². The summed E-state index contributed by atoms with van der Waals surface area (Å²) in [4.78, 5) is 5.13. The zero-order valence-electron chi connectivity index (χ0n) is 10.6. The van der Waals surface area contributed by atoms with Gasteiger partial charge in [0.1, 0.15) is 5.69 Å². The van der Waals surface area contributed by atoms with Gasteiger partial charge in [0.2, 0.25) is 4.96 Å². The highest BCUT2D eigenvalue weighted by atomic mass is 32.2. The summed E-state index contributed by atoms with van der Waals surface area (Å²) in [6.45, 7) is 4.34. The summed E-state index contributed by atoms with van der Waals surface area (Å²) in [5.41, 5.74) is 0.875. The Morgan fingerprint density at radius 3 is 2.95 bits per heavy atom. The molecule has 7 heteroatoms. The Labute approximate surface area is 119 Å². The molecule has 0 aliphatic rings. The molecule has 0 atom stereocenters. The Kier molecular flexibility index (Phi) is 3.48. The molecule has 3 rings (SSSR count). The largest absolute Gasteiger partial charge is 0.254 e. The van der Waals surface area contributed by atoms with E-state index in [2.05, 4.69) is 34.1 Å². The quantitative estimate of drug-likeness (QED) is 0.740. The lowest BCUT2D eigenvalue weighted by molar-refractivity contribution is 0.884. The van der Waals surface area contributed by atoms with Gasteiger partial charge in [0.25, 0.3) is 0 Å². The average molecular weight is 291 g/mol. The molecule has 3 aromatic rings. The minimum absolute atomic E-state index is 0.571. The van der Waals surface area contributed by atoms with E-state index in [0.717, 1.165) is 27.2 Å². The highest BCUT2D eigenvalue weighted by Gasteiger charge is 2.13. The maximum Gasteiger partial charge on any atom is 0.235 e. The van der Waals surface area contributed by atoms with Gasteiger partial charge in [0, 0.05) is 6.20 Å². The van der Waals surface area contributed by atoms with E-state index < -0.39 is 0 Å². The van der Waals surface area contributed by atoms with Crippen LogP contribution >= 0.6 is 23.1 Å². The monoisotopic (exact) mass is 291 g/mol. The van der Waals surface area contributed by atoms with Crippen LogP contribution in [-0.2, 0) is 5.75 Å². The van der Waals surface area contributed by atoms with Crippen LogP contribution in [0.5, 0.6) is 0 Å². The molecule has 0 radical (unpaired) electrons. The second-order valence-electron chi connectivity index (χ2n) is 4.29. The zero-order chi connectivity index (χ0) is 13.2. The van der Waals surface area contributed by atoms with Crippen LogP contribution in [-0.4, -0.2) is 30.0 Å². The maximum atomic E-state index is 4.56. The molecule has 0 unspecified atom stereocenters. The molecular formula is C12H13N5S2. The summed E-state index contributed by atoms with van der Waals surface area (Å²) in [6.07, 6.45) is 1.77. The molecule has 0 aliphatic carbocycles. The molecule has 5 nitrogen and oxygen atoms in total.